The van der Waals surface area contributed by atoms with Gasteiger partial charge in [0.25, 0.3) is 0 Å². The smallest absolute Gasteiger partial charge is 0.445 e. The number of pyridine rings is 1. The Labute approximate surface area is 78.6 Å². The van der Waals surface area contributed by atoms with E-state index in [0.717, 1.165) is 17.5 Å². The van der Waals surface area contributed by atoms with Crippen LogP contribution < -0.4 is 5.46 Å². The molecule has 2 rings (SSSR count). The molecule has 1 heterocycles. The highest BCUT2D eigenvalue weighted by atomic mass is 19.4. The van der Waals surface area contributed by atoms with E-state index in [0.29, 0.717) is 5.39 Å². The molecule has 0 bridgehead atoms. The Morgan fingerprint density at radius 1 is 1.00 bits per heavy atom. The number of aromatic nitrogens is 1. The summed E-state index contributed by atoms with van der Waals surface area (Å²) in [5.41, 5.74) is -0.578. The van der Waals surface area contributed by atoms with E-state index in [9.17, 15) is 12.9 Å². The molecule has 0 fully saturated rings. The van der Waals surface area contributed by atoms with Crippen molar-refractivity contribution in [2.75, 3.05) is 0 Å². The summed E-state index contributed by atoms with van der Waals surface area (Å²) >= 11 is 0. The van der Waals surface area contributed by atoms with Gasteiger partial charge >= 0.3 is 6.98 Å². The fourth-order valence-electron chi connectivity index (χ4n) is 1.31. The van der Waals surface area contributed by atoms with Gasteiger partial charge in [-0.1, -0.05) is 18.2 Å². The Balaban J connectivity index is 2.63. The Hall–Kier alpha value is -1.52. The molecule has 1 nitrogen and oxygen atoms in total. The fraction of sp³-hybridized carbons (Fsp3) is 0. The lowest BCUT2D eigenvalue weighted by molar-refractivity contribution is 0.501. The van der Waals surface area contributed by atoms with Crippen LogP contribution in [0, 0.1) is 0 Å². The summed E-state index contributed by atoms with van der Waals surface area (Å²) in [6, 6.07) is 5.37. The molecule has 0 aliphatic carbocycles. The summed E-state index contributed by atoms with van der Waals surface area (Å²) in [6.07, 6.45) is 2.99. The second-order valence-corrected chi connectivity index (χ2v) is 3.06. The predicted molar refractivity (Wildman–Crippen MR) is 50.5 cm³/mol. The van der Waals surface area contributed by atoms with Crippen molar-refractivity contribution in [2.24, 2.45) is 0 Å². The van der Waals surface area contributed by atoms with Crippen LogP contribution in [0.25, 0.3) is 10.8 Å². The molecule has 0 unspecified atom stereocenters. The van der Waals surface area contributed by atoms with Gasteiger partial charge in [-0.2, -0.15) is 0 Å². The summed E-state index contributed by atoms with van der Waals surface area (Å²) < 4.78 is 37.1. The minimum absolute atomic E-state index is 0.518. The van der Waals surface area contributed by atoms with Crippen molar-refractivity contribution in [3.8, 4) is 0 Å². The quantitative estimate of drug-likeness (QED) is 0.637. The highest BCUT2D eigenvalue weighted by Gasteiger charge is 2.25. The first-order chi connectivity index (χ1) is 6.57. The Morgan fingerprint density at radius 3 is 2.50 bits per heavy atom. The lowest BCUT2D eigenvalue weighted by Gasteiger charge is -2.14. The largest absolute Gasteiger partial charge is 0.509 e. The molecule has 14 heavy (non-hydrogen) atoms. The number of halogens is 3. The zero-order valence-electron chi connectivity index (χ0n) is 7.12. The molecular weight excluding hydrogens is 190 g/mol. The van der Waals surface area contributed by atoms with E-state index < -0.39 is 12.4 Å². The maximum absolute atomic E-state index is 12.4. The molecule has 5 heteroatoms. The molecule has 0 saturated carbocycles. The molecule has 0 atom stereocenters. The lowest BCUT2D eigenvalue weighted by atomic mass is 9.79. The topological polar surface area (TPSA) is 12.9 Å². The van der Waals surface area contributed by atoms with E-state index in [-0.39, 0.29) is 0 Å². The standard InChI is InChI=1S/C9H6BF3N/c11-10(12,13)9-2-1-7-3-4-14-6-8(7)5-9/h1-6H/q-1. The molecule has 1 aromatic carbocycles. The monoisotopic (exact) mass is 196 g/mol. The molecule has 0 spiro atoms. The first kappa shape index (κ1) is 9.06. The molecule has 72 valence electrons. The molecule has 0 aliphatic heterocycles. The molecular formula is C9H6BF3N-. The van der Waals surface area contributed by atoms with Crippen molar-refractivity contribution >= 4 is 23.2 Å². The van der Waals surface area contributed by atoms with Gasteiger partial charge in [-0.05, 0) is 16.8 Å². The van der Waals surface area contributed by atoms with Gasteiger partial charge in [0.05, 0.1) is 0 Å². The Kier molecular flexibility index (Phi) is 1.95. The predicted octanol–water partition coefficient (Wildman–Crippen LogP) is 2.29. The number of benzene rings is 1. The summed E-state index contributed by atoms with van der Waals surface area (Å²) in [7, 11) is 0. The fourth-order valence-corrected chi connectivity index (χ4v) is 1.31. The van der Waals surface area contributed by atoms with Crippen LogP contribution >= 0.6 is 0 Å². The average molecular weight is 196 g/mol. The molecule has 0 aliphatic rings. The molecule has 2 aromatic rings. The molecule has 1 aromatic heterocycles. The van der Waals surface area contributed by atoms with Gasteiger partial charge in [0.1, 0.15) is 0 Å². The molecule has 0 saturated heterocycles. The number of hydrogen-bond donors (Lipinski definition) is 0. The van der Waals surface area contributed by atoms with E-state index in [4.69, 9.17) is 0 Å². The third-order valence-electron chi connectivity index (χ3n) is 2.04. The SMILES string of the molecule is F[B-](F)(F)c1ccc2ccncc2c1. The van der Waals surface area contributed by atoms with Crippen LogP contribution in [-0.2, 0) is 0 Å². The number of hydrogen-bond acceptors (Lipinski definition) is 1. The van der Waals surface area contributed by atoms with Crippen LogP contribution in [0.2, 0.25) is 0 Å². The van der Waals surface area contributed by atoms with E-state index in [1.54, 1.807) is 12.3 Å². The van der Waals surface area contributed by atoms with Crippen molar-refractivity contribution in [3.63, 3.8) is 0 Å². The van der Waals surface area contributed by atoms with Crippen molar-refractivity contribution in [2.45, 2.75) is 0 Å². The van der Waals surface area contributed by atoms with Crippen LogP contribution in [0.1, 0.15) is 0 Å². The number of rotatable bonds is 1. The highest BCUT2D eigenvalue weighted by Crippen LogP contribution is 2.14. The van der Waals surface area contributed by atoms with Gasteiger partial charge in [0, 0.05) is 12.4 Å². The van der Waals surface area contributed by atoms with E-state index in [1.165, 1.54) is 12.3 Å². The van der Waals surface area contributed by atoms with Gasteiger partial charge in [0.2, 0.25) is 0 Å². The number of nitrogens with zero attached hydrogens (tertiary/aromatic N) is 1. The van der Waals surface area contributed by atoms with Crippen LogP contribution in [0.3, 0.4) is 0 Å². The third kappa shape index (κ3) is 1.57. The van der Waals surface area contributed by atoms with Crippen molar-refractivity contribution in [1.29, 1.82) is 0 Å². The number of fused-ring (bicyclic) bond motifs is 1. The molecule has 0 amide bonds. The van der Waals surface area contributed by atoms with Gasteiger partial charge in [-0.15, -0.1) is 5.46 Å². The minimum Gasteiger partial charge on any atom is -0.445 e. The van der Waals surface area contributed by atoms with Crippen LogP contribution in [0.5, 0.6) is 0 Å². The summed E-state index contributed by atoms with van der Waals surface area (Å²) in [5.74, 6) is 0. The Bertz CT molecular complexity index is 467. The summed E-state index contributed by atoms with van der Waals surface area (Å²) in [6.45, 7) is -4.91. The second kappa shape index (κ2) is 3.01. The van der Waals surface area contributed by atoms with Gasteiger partial charge in [0.15, 0.2) is 0 Å². The zero-order chi connectivity index (χ0) is 10.2. The van der Waals surface area contributed by atoms with Gasteiger partial charge in [-0.25, -0.2) is 0 Å². The normalized spacial score (nSPS) is 11.9. The molecule has 0 N–H and O–H groups in total. The zero-order valence-corrected chi connectivity index (χ0v) is 7.12. The third-order valence-corrected chi connectivity index (χ3v) is 2.04. The van der Waals surface area contributed by atoms with Crippen LogP contribution in [0.15, 0.2) is 36.7 Å². The first-order valence-electron chi connectivity index (χ1n) is 4.11. The Morgan fingerprint density at radius 2 is 1.79 bits per heavy atom. The average Bonchev–Trinajstić information content (AvgIpc) is 2.16. The summed E-state index contributed by atoms with van der Waals surface area (Å²) in [5, 5.41) is 1.29. The van der Waals surface area contributed by atoms with Gasteiger partial charge in [-0.3, -0.25) is 4.98 Å². The second-order valence-electron chi connectivity index (χ2n) is 3.06. The maximum atomic E-state index is 12.4. The maximum Gasteiger partial charge on any atom is 0.509 e. The van der Waals surface area contributed by atoms with Gasteiger partial charge < -0.3 is 12.9 Å². The van der Waals surface area contributed by atoms with Crippen LogP contribution in [-0.4, -0.2) is 12.0 Å². The van der Waals surface area contributed by atoms with E-state index in [1.807, 2.05) is 0 Å². The van der Waals surface area contributed by atoms with E-state index in [2.05, 4.69) is 4.98 Å². The minimum atomic E-state index is -4.91. The first-order valence-corrected chi connectivity index (χ1v) is 4.11. The summed E-state index contributed by atoms with van der Waals surface area (Å²) in [4.78, 5) is 3.78. The van der Waals surface area contributed by atoms with Crippen LogP contribution in [0.4, 0.5) is 12.9 Å². The van der Waals surface area contributed by atoms with E-state index >= 15 is 0 Å². The van der Waals surface area contributed by atoms with Crippen molar-refractivity contribution < 1.29 is 12.9 Å². The van der Waals surface area contributed by atoms with Crippen molar-refractivity contribution in [3.05, 3.63) is 36.7 Å². The highest BCUT2D eigenvalue weighted by molar-refractivity contribution is 6.73. The van der Waals surface area contributed by atoms with Crippen molar-refractivity contribution in [1.82, 2.24) is 4.98 Å². The molecule has 0 radical (unpaired) electrons. The lowest BCUT2D eigenvalue weighted by Crippen LogP contribution is -2.33.